The first kappa shape index (κ1) is 20.2. The Hall–Kier alpha value is -2.51. The first-order valence-electron chi connectivity index (χ1n) is 9.08. The van der Waals surface area contributed by atoms with Crippen LogP contribution in [0.25, 0.3) is 0 Å². The van der Waals surface area contributed by atoms with Crippen LogP contribution in [0.4, 0.5) is 5.69 Å². The lowest BCUT2D eigenvalue weighted by Crippen LogP contribution is -2.38. The summed E-state index contributed by atoms with van der Waals surface area (Å²) >= 11 is 1.55. The predicted molar refractivity (Wildman–Crippen MR) is 108 cm³/mol. The van der Waals surface area contributed by atoms with E-state index in [4.69, 9.17) is 9.47 Å². The summed E-state index contributed by atoms with van der Waals surface area (Å²) in [6, 6.07) is 14.7. The van der Waals surface area contributed by atoms with E-state index >= 15 is 0 Å². The molecule has 1 unspecified atom stereocenters. The number of aliphatic carboxylic acids is 1. The lowest BCUT2D eigenvalue weighted by atomic mass is 9.96. The molecule has 0 saturated carbocycles. The van der Waals surface area contributed by atoms with Crippen molar-refractivity contribution in [2.45, 2.75) is 24.3 Å². The lowest BCUT2D eigenvalue weighted by molar-refractivity contribution is -0.164. The maximum absolute atomic E-state index is 12.3. The number of carboxylic acids is 1. The molecular formula is C21H23NO5S. The fourth-order valence-corrected chi connectivity index (χ4v) is 4.02. The summed E-state index contributed by atoms with van der Waals surface area (Å²) < 4.78 is 11.2. The van der Waals surface area contributed by atoms with Crippen molar-refractivity contribution in [3.05, 3.63) is 54.1 Å². The Kier molecular flexibility index (Phi) is 6.26. The van der Waals surface area contributed by atoms with Gasteiger partial charge in [0.25, 0.3) is 0 Å². The van der Waals surface area contributed by atoms with E-state index in [0.29, 0.717) is 36.8 Å². The molecule has 0 bridgehead atoms. The number of anilines is 1. The van der Waals surface area contributed by atoms with Crippen LogP contribution in [0.5, 0.6) is 5.75 Å². The van der Waals surface area contributed by atoms with E-state index in [1.807, 2.05) is 24.3 Å². The molecule has 7 heteroatoms. The van der Waals surface area contributed by atoms with Gasteiger partial charge in [-0.25, -0.2) is 4.79 Å². The average Bonchev–Trinajstić information content (AvgIpc) is 2.70. The summed E-state index contributed by atoms with van der Waals surface area (Å²) in [5.41, 5.74) is 0.0671. The normalized spacial score (nSPS) is 15.6. The van der Waals surface area contributed by atoms with E-state index in [-0.39, 0.29) is 5.91 Å². The quantitative estimate of drug-likeness (QED) is 0.729. The van der Waals surface area contributed by atoms with Crippen LogP contribution in [-0.2, 0) is 19.9 Å². The second kappa shape index (κ2) is 8.67. The van der Waals surface area contributed by atoms with Gasteiger partial charge in [0.1, 0.15) is 12.4 Å². The van der Waals surface area contributed by atoms with Crippen molar-refractivity contribution in [3.63, 3.8) is 0 Å². The van der Waals surface area contributed by atoms with Crippen LogP contribution in [0.2, 0.25) is 0 Å². The molecule has 0 spiro atoms. The average molecular weight is 401 g/mol. The molecule has 3 rings (SSSR count). The molecule has 0 radical (unpaired) electrons. The van der Waals surface area contributed by atoms with Crippen molar-refractivity contribution in [1.29, 1.82) is 0 Å². The number of ether oxygens (including phenoxy) is 2. The first-order chi connectivity index (χ1) is 13.5. The largest absolute Gasteiger partial charge is 0.492 e. The molecular weight excluding hydrogens is 378 g/mol. The standard InChI is InChI=1S/C21H23NO5S/c1-3-27-21(2,20(24)25)15-8-10-16(11-9-15)26-13-12-22-17-6-4-5-7-18(17)28-14-19(22)23/h4-11H,3,12-14H2,1-2H3,(H,24,25). The number of carboxylic acid groups (broad SMARTS) is 1. The van der Waals surface area contributed by atoms with Crippen LogP contribution < -0.4 is 9.64 Å². The van der Waals surface area contributed by atoms with Crippen LogP contribution in [0.1, 0.15) is 19.4 Å². The summed E-state index contributed by atoms with van der Waals surface area (Å²) in [5, 5.41) is 9.48. The minimum Gasteiger partial charge on any atom is -0.492 e. The molecule has 0 saturated heterocycles. The molecule has 0 fully saturated rings. The molecule has 1 atom stereocenters. The highest BCUT2D eigenvalue weighted by molar-refractivity contribution is 8.00. The fourth-order valence-electron chi connectivity index (χ4n) is 3.08. The van der Waals surface area contributed by atoms with Crippen molar-refractivity contribution >= 4 is 29.3 Å². The van der Waals surface area contributed by atoms with Crippen LogP contribution in [0, 0.1) is 0 Å². The van der Waals surface area contributed by atoms with Gasteiger partial charge < -0.3 is 19.5 Å². The SMILES string of the molecule is CCOC(C)(C(=O)O)c1ccc(OCCN2C(=O)CSc3ccccc32)cc1. The number of amides is 1. The third kappa shape index (κ3) is 4.15. The van der Waals surface area contributed by atoms with Crippen LogP contribution in [0.15, 0.2) is 53.4 Å². The lowest BCUT2D eigenvalue weighted by Gasteiger charge is -2.28. The van der Waals surface area contributed by atoms with Crippen molar-refractivity contribution in [1.82, 2.24) is 0 Å². The Labute approximate surface area is 168 Å². The third-order valence-corrected chi connectivity index (χ3v) is 5.69. The van der Waals surface area contributed by atoms with Crippen LogP contribution in [0.3, 0.4) is 0 Å². The Morgan fingerprint density at radius 3 is 2.61 bits per heavy atom. The Bertz CT molecular complexity index is 854. The zero-order valence-corrected chi connectivity index (χ0v) is 16.7. The van der Waals surface area contributed by atoms with Gasteiger partial charge in [-0.3, -0.25) is 4.79 Å². The number of hydrogen-bond acceptors (Lipinski definition) is 5. The van der Waals surface area contributed by atoms with Gasteiger partial charge in [-0.15, -0.1) is 11.8 Å². The van der Waals surface area contributed by atoms with E-state index in [0.717, 1.165) is 10.6 Å². The Morgan fingerprint density at radius 1 is 1.21 bits per heavy atom. The molecule has 6 nitrogen and oxygen atoms in total. The summed E-state index contributed by atoms with van der Waals surface area (Å²) in [4.78, 5) is 26.7. The molecule has 1 heterocycles. The Morgan fingerprint density at radius 2 is 1.93 bits per heavy atom. The zero-order chi connectivity index (χ0) is 20.1. The maximum atomic E-state index is 12.3. The number of para-hydroxylation sites is 1. The van der Waals surface area contributed by atoms with Gasteiger partial charge in [0.05, 0.1) is 18.0 Å². The number of thioether (sulfide) groups is 1. The molecule has 1 amide bonds. The van der Waals surface area contributed by atoms with Gasteiger partial charge in [-0.05, 0) is 43.7 Å². The van der Waals surface area contributed by atoms with Crippen molar-refractivity contribution in [2.75, 3.05) is 30.4 Å². The second-order valence-corrected chi connectivity index (χ2v) is 7.46. The number of carbonyl (C=O) groups is 2. The highest BCUT2D eigenvalue weighted by Crippen LogP contribution is 2.34. The summed E-state index contributed by atoms with van der Waals surface area (Å²) in [6.45, 7) is 4.38. The number of fused-ring (bicyclic) bond motifs is 1. The molecule has 148 valence electrons. The number of benzene rings is 2. The molecule has 0 aliphatic carbocycles. The van der Waals surface area contributed by atoms with E-state index in [9.17, 15) is 14.7 Å². The van der Waals surface area contributed by atoms with E-state index in [1.54, 1.807) is 47.9 Å². The number of rotatable bonds is 8. The van der Waals surface area contributed by atoms with Gasteiger partial charge in [0, 0.05) is 11.5 Å². The van der Waals surface area contributed by atoms with Gasteiger partial charge in [0.15, 0.2) is 5.60 Å². The van der Waals surface area contributed by atoms with Gasteiger partial charge in [-0.1, -0.05) is 24.3 Å². The molecule has 1 N–H and O–H groups in total. The van der Waals surface area contributed by atoms with Gasteiger partial charge in [0.2, 0.25) is 5.91 Å². The fraction of sp³-hybridized carbons (Fsp3) is 0.333. The van der Waals surface area contributed by atoms with E-state index in [1.165, 1.54) is 6.92 Å². The molecule has 1 aliphatic heterocycles. The third-order valence-electron chi connectivity index (χ3n) is 4.64. The van der Waals surface area contributed by atoms with Gasteiger partial charge >= 0.3 is 5.97 Å². The van der Waals surface area contributed by atoms with Crippen molar-refractivity contribution in [2.24, 2.45) is 0 Å². The monoisotopic (exact) mass is 401 g/mol. The maximum Gasteiger partial charge on any atom is 0.340 e. The van der Waals surface area contributed by atoms with E-state index < -0.39 is 11.6 Å². The molecule has 2 aromatic rings. The van der Waals surface area contributed by atoms with Crippen LogP contribution in [-0.4, -0.2) is 42.5 Å². The van der Waals surface area contributed by atoms with Crippen molar-refractivity contribution in [3.8, 4) is 5.75 Å². The molecule has 0 aromatic heterocycles. The van der Waals surface area contributed by atoms with E-state index in [2.05, 4.69) is 0 Å². The number of nitrogens with zero attached hydrogens (tertiary/aromatic N) is 1. The van der Waals surface area contributed by atoms with Crippen LogP contribution >= 0.6 is 11.8 Å². The number of hydrogen-bond donors (Lipinski definition) is 1. The number of carbonyl (C=O) groups excluding carboxylic acids is 1. The smallest absolute Gasteiger partial charge is 0.340 e. The summed E-state index contributed by atoms with van der Waals surface area (Å²) in [7, 11) is 0. The second-order valence-electron chi connectivity index (χ2n) is 6.45. The zero-order valence-electron chi connectivity index (χ0n) is 15.9. The minimum atomic E-state index is -1.39. The summed E-state index contributed by atoms with van der Waals surface area (Å²) in [6.07, 6.45) is 0. The topological polar surface area (TPSA) is 76.1 Å². The Balaban J connectivity index is 1.63. The molecule has 2 aromatic carbocycles. The van der Waals surface area contributed by atoms with Crippen molar-refractivity contribution < 1.29 is 24.2 Å². The summed E-state index contributed by atoms with van der Waals surface area (Å²) in [5.74, 6) is 0.0662. The minimum absolute atomic E-state index is 0.0663. The predicted octanol–water partition coefficient (Wildman–Crippen LogP) is 3.54. The highest BCUT2D eigenvalue weighted by Gasteiger charge is 2.36. The highest BCUT2D eigenvalue weighted by atomic mass is 32.2. The molecule has 1 aliphatic rings. The first-order valence-corrected chi connectivity index (χ1v) is 10.1. The molecule has 28 heavy (non-hydrogen) atoms. The van der Waals surface area contributed by atoms with Gasteiger partial charge in [-0.2, -0.15) is 0 Å².